The summed E-state index contributed by atoms with van der Waals surface area (Å²) in [6.07, 6.45) is 0. The van der Waals surface area contributed by atoms with E-state index in [0.717, 1.165) is 16.7 Å². The van der Waals surface area contributed by atoms with Gasteiger partial charge in [0.1, 0.15) is 0 Å². The van der Waals surface area contributed by atoms with E-state index < -0.39 is 10.0 Å². The molecule has 0 bridgehead atoms. The molecule has 4 aromatic carbocycles. The third kappa shape index (κ3) is 5.46. The average Bonchev–Trinajstić information content (AvgIpc) is 3.41. The minimum absolute atomic E-state index is 0.0670. The van der Waals surface area contributed by atoms with Crippen molar-refractivity contribution in [2.24, 2.45) is 0 Å². The van der Waals surface area contributed by atoms with Crippen molar-refractivity contribution in [1.82, 2.24) is 5.32 Å². The van der Waals surface area contributed by atoms with Gasteiger partial charge in [-0.1, -0.05) is 54.1 Å². The van der Waals surface area contributed by atoms with Gasteiger partial charge < -0.3 is 14.8 Å². The summed E-state index contributed by atoms with van der Waals surface area (Å²) in [5.74, 6) is 1.10. The van der Waals surface area contributed by atoms with Crippen LogP contribution in [0.25, 0.3) is 0 Å². The zero-order chi connectivity index (χ0) is 26.7. The Morgan fingerprint density at radius 2 is 1.61 bits per heavy atom. The topological polar surface area (TPSA) is 84.9 Å². The number of halogens is 1. The van der Waals surface area contributed by atoms with Gasteiger partial charge in [-0.15, -0.1) is 0 Å². The number of ether oxygens (including phenoxy) is 2. The van der Waals surface area contributed by atoms with Crippen molar-refractivity contribution in [3.8, 4) is 11.5 Å². The number of carbonyl (C=O) groups is 1. The molecule has 0 fully saturated rings. The molecular formula is C29H25ClN2O5S. The first-order chi connectivity index (χ1) is 18.3. The summed E-state index contributed by atoms with van der Waals surface area (Å²) in [5, 5.41) is 3.33. The van der Waals surface area contributed by atoms with E-state index in [1.165, 1.54) is 4.31 Å². The summed E-state index contributed by atoms with van der Waals surface area (Å²) in [7, 11) is -3.89. The molecule has 0 unspecified atom stereocenters. The van der Waals surface area contributed by atoms with Gasteiger partial charge in [-0.3, -0.25) is 9.10 Å². The Kier molecular flexibility index (Phi) is 7.26. The number of hydrogen-bond donors (Lipinski definition) is 1. The maximum Gasteiger partial charge on any atom is 0.264 e. The molecule has 9 heteroatoms. The Balaban J connectivity index is 1.34. The molecule has 1 aliphatic rings. The van der Waals surface area contributed by atoms with Crippen LogP contribution in [0, 0.1) is 6.92 Å². The van der Waals surface area contributed by atoms with Gasteiger partial charge >= 0.3 is 0 Å². The number of aryl methyl sites for hydroxylation is 1. The summed E-state index contributed by atoms with van der Waals surface area (Å²) in [5.41, 5.74) is 3.33. The Morgan fingerprint density at radius 1 is 0.895 bits per heavy atom. The van der Waals surface area contributed by atoms with Gasteiger partial charge in [-0.2, -0.15) is 0 Å². The number of nitrogens with zero attached hydrogens (tertiary/aromatic N) is 1. The zero-order valence-electron chi connectivity index (χ0n) is 20.6. The van der Waals surface area contributed by atoms with Crippen LogP contribution in [0.1, 0.15) is 27.0 Å². The van der Waals surface area contributed by atoms with Crippen LogP contribution in [0.4, 0.5) is 5.69 Å². The molecule has 4 aromatic rings. The molecule has 0 aliphatic carbocycles. The van der Waals surface area contributed by atoms with E-state index in [4.69, 9.17) is 21.1 Å². The molecule has 1 N–H and O–H groups in total. The molecule has 38 heavy (non-hydrogen) atoms. The number of rotatable bonds is 8. The Labute approximate surface area is 226 Å². The highest BCUT2D eigenvalue weighted by Gasteiger charge is 2.26. The van der Waals surface area contributed by atoms with E-state index in [0.29, 0.717) is 34.3 Å². The molecule has 0 saturated carbocycles. The molecule has 0 saturated heterocycles. The molecule has 0 radical (unpaired) electrons. The number of amides is 1. The lowest BCUT2D eigenvalue weighted by atomic mass is 10.1. The first kappa shape index (κ1) is 25.6. The second-order valence-electron chi connectivity index (χ2n) is 8.82. The molecule has 5 rings (SSSR count). The quantitative estimate of drug-likeness (QED) is 0.305. The van der Waals surface area contributed by atoms with E-state index in [9.17, 15) is 13.2 Å². The fraction of sp³-hybridized carbons (Fsp3) is 0.138. The normalized spacial score (nSPS) is 12.3. The Morgan fingerprint density at radius 3 is 2.37 bits per heavy atom. The maximum atomic E-state index is 13.7. The first-order valence-electron chi connectivity index (χ1n) is 11.9. The van der Waals surface area contributed by atoms with E-state index in [-0.39, 0.29) is 24.1 Å². The van der Waals surface area contributed by atoms with Crippen LogP contribution in [0.15, 0.2) is 95.9 Å². The molecule has 1 heterocycles. The highest BCUT2D eigenvalue weighted by Crippen LogP contribution is 2.33. The average molecular weight is 549 g/mol. The van der Waals surface area contributed by atoms with Gasteiger partial charge in [-0.25, -0.2) is 8.42 Å². The van der Waals surface area contributed by atoms with Crippen molar-refractivity contribution in [3.63, 3.8) is 0 Å². The minimum atomic E-state index is -3.89. The van der Waals surface area contributed by atoms with Gasteiger partial charge in [0.2, 0.25) is 6.79 Å². The van der Waals surface area contributed by atoms with Crippen molar-refractivity contribution in [3.05, 3.63) is 118 Å². The second-order valence-corrected chi connectivity index (χ2v) is 11.1. The number of fused-ring (bicyclic) bond motifs is 1. The Bertz CT molecular complexity index is 1570. The monoisotopic (exact) mass is 548 g/mol. The lowest BCUT2D eigenvalue weighted by Gasteiger charge is -2.26. The summed E-state index contributed by atoms with van der Waals surface area (Å²) in [6.45, 7) is 2.43. The minimum Gasteiger partial charge on any atom is -0.454 e. The van der Waals surface area contributed by atoms with E-state index in [1.54, 1.807) is 72.8 Å². The van der Waals surface area contributed by atoms with Crippen LogP contribution >= 0.6 is 11.6 Å². The summed E-state index contributed by atoms with van der Waals surface area (Å²) < 4.78 is 39.4. The summed E-state index contributed by atoms with van der Waals surface area (Å²) in [6, 6.07) is 25.8. The smallest absolute Gasteiger partial charge is 0.264 e. The van der Waals surface area contributed by atoms with E-state index >= 15 is 0 Å². The van der Waals surface area contributed by atoms with Crippen molar-refractivity contribution >= 4 is 33.2 Å². The molecule has 1 amide bonds. The number of carbonyl (C=O) groups excluding carboxylic acids is 1. The van der Waals surface area contributed by atoms with Crippen molar-refractivity contribution in [1.29, 1.82) is 0 Å². The number of anilines is 1. The zero-order valence-corrected chi connectivity index (χ0v) is 22.1. The summed E-state index contributed by atoms with van der Waals surface area (Å²) >= 11 is 6.24. The van der Waals surface area contributed by atoms with Crippen molar-refractivity contribution < 1.29 is 22.7 Å². The van der Waals surface area contributed by atoms with Gasteiger partial charge in [-0.05, 0) is 72.1 Å². The Hall–Kier alpha value is -4.01. The molecule has 0 aromatic heterocycles. The van der Waals surface area contributed by atoms with Crippen molar-refractivity contribution in [2.45, 2.75) is 24.9 Å². The largest absolute Gasteiger partial charge is 0.454 e. The third-order valence-corrected chi connectivity index (χ3v) is 8.21. The van der Waals surface area contributed by atoms with E-state index in [1.807, 2.05) is 25.1 Å². The van der Waals surface area contributed by atoms with Crippen LogP contribution in [0.5, 0.6) is 11.5 Å². The number of nitrogens with one attached hydrogen (secondary N) is 1. The highest BCUT2D eigenvalue weighted by molar-refractivity contribution is 7.92. The highest BCUT2D eigenvalue weighted by atomic mass is 35.5. The molecular weight excluding hydrogens is 524 g/mol. The van der Waals surface area contributed by atoms with Crippen LogP contribution in [0.3, 0.4) is 0 Å². The van der Waals surface area contributed by atoms with Crippen LogP contribution in [0.2, 0.25) is 5.02 Å². The van der Waals surface area contributed by atoms with Gasteiger partial charge in [0.05, 0.1) is 17.1 Å². The predicted octanol–water partition coefficient (Wildman–Crippen LogP) is 5.70. The number of hydrogen-bond acceptors (Lipinski definition) is 5. The lowest BCUT2D eigenvalue weighted by molar-refractivity contribution is 0.0951. The van der Waals surface area contributed by atoms with Crippen LogP contribution in [-0.4, -0.2) is 21.1 Å². The number of benzene rings is 4. The molecule has 0 atom stereocenters. The molecule has 194 valence electrons. The van der Waals surface area contributed by atoms with Crippen LogP contribution < -0.4 is 19.1 Å². The number of sulfonamides is 1. The van der Waals surface area contributed by atoms with Gasteiger partial charge in [0.25, 0.3) is 15.9 Å². The maximum absolute atomic E-state index is 13.7. The second kappa shape index (κ2) is 10.8. The molecule has 7 nitrogen and oxygen atoms in total. The van der Waals surface area contributed by atoms with E-state index in [2.05, 4.69) is 5.32 Å². The molecule has 0 spiro atoms. The molecule has 1 aliphatic heterocycles. The van der Waals surface area contributed by atoms with Gasteiger partial charge in [0, 0.05) is 17.1 Å². The third-order valence-electron chi connectivity index (χ3n) is 6.20. The van der Waals surface area contributed by atoms with Crippen LogP contribution in [-0.2, 0) is 23.1 Å². The standard InChI is InChI=1S/C29H25ClN2O5S/c1-20-7-13-24(30)16-26(20)32(38(34,35)25-5-3-2-4-6-25)18-21-8-11-23(12-9-21)29(33)31-17-22-10-14-27-28(15-22)37-19-36-27/h2-16H,17-19H2,1H3,(H,31,33). The van der Waals surface area contributed by atoms with Gasteiger partial charge in [0.15, 0.2) is 11.5 Å². The predicted molar refractivity (Wildman–Crippen MR) is 146 cm³/mol. The SMILES string of the molecule is Cc1ccc(Cl)cc1N(Cc1ccc(C(=O)NCc2ccc3c(c2)OCO3)cc1)S(=O)(=O)c1ccccc1. The fourth-order valence-electron chi connectivity index (χ4n) is 4.13. The van der Waals surface area contributed by atoms with Crippen molar-refractivity contribution in [2.75, 3.05) is 11.1 Å². The summed E-state index contributed by atoms with van der Waals surface area (Å²) in [4.78, 5) is 12.9. The first-order valence-corrected chi connectivity index (χ1v) is 13.7. The fourth-order valence-corrected chi connectivity index (χ4v) is 5.83. The lowest BCUT2D eigenvalue weighted by Crippen LogP contribution is -2.31.